The quantitative estimate of drug-likeness (QED) is 0.429. The van der Waals surface area contributed by atoms with E-state index < -0.39 is 37.3 Å². The Balaban J connectivity index is 2.66. The molecule has 0 amide bonds. The molecule has 7 heteroatoms. The van der Waals surface area contributed by atoms with Gasteiger partial charge in [0.05, 0.1) is 18.5 Å². The van der Waals surface area contributed by atoms with E-state index >= 15 is 0 Å². The Kier molecular flexibility index (Phi) is 3.87. The molecular formula is C6H10ClO6. The van der Waals surface area contributed by atoms with Gasteiger partial charge in [-0.05, 0) is 0 Å². The monoisotopic (exact) mass is 213 g/mol. The molecule has 13 heavy (non-hydrogen) atoms. The van der Waals surface area contributed by atoms with Crippen molar-refractivity contribution >= 4 is 11.9 Å². The Morgan fingerprint density at radius 1 is 1.31 bits per heavy atom. The van der Waals surface area contributed by atoms with Crippen LogP contribution in [0.1, 0.15) is 0 Å². The van der Waals surface area contributed by atoms with Crippen LogP contribution in [0.25, 0.3) is 0 Å². The molecule has 0 aliphatic carbocycles. The summed E-state index contributed by atoms with van der Waals surface area (Å²) in [4.78, 5) is 0. The smallest absolute Gasteiger partial charge is 0.275 e. The molecular weight excluding hydrogens is 204 g/mol. The molecule has 0 saturated carbocycles. The maximum atomic E-state index is 9.21. The van der Waals surface area contributed by atoms with Gasteiger partial charge in [0.25, 0.3) is 6.29 Å². The van der Waals surface area contributed by atoms with Gasteiger partial charge in [0.2, 0.25) is 0 Å². The highest BCUT2D eigenvalue weighted by atomic mass is 35.5. The molecule has 6 nitrogen and oxygen atoms in total. The van der Waals surface area contributed by atoms with Gasteiger partial charge in [-0.3, -0.25) is 0 Å². The van der Waals surface area contributed by atoms with Crippen LogP contribution in [-0.4, -0.2) is 51.4 Å². The Morgan fingerprint density at radius 3 is 2.38 bits per heavy atom. The van der Waals surface area contributed by atoms with Crippen LogP contribution >= 0.6 is 11.9 Å². The summed E-state index contributed by atoms with van der Waals surface area (Å²) in [6.07, 6.45) is -5.86. The van der Waals surface area contributed by atoms with E-state index in [1.54, 1.807) is 0 Å². The average molecular weight is 214 g/mol. The van der Waals surface area contributed by atoms with Crippen LogP contribution in [0, 0.1) is 6.29 Å². The lowest BCUT2D eigenvalue weighted by Crippen LogP contribution is -2.55. The highest BCUT2D eigenvalue weighted by molar-refractivity contribution is 6.07. The number of aliphatic hydroxyl groups is 4. The maximum absolute atomic E-state index is 9.21. The molecule has 0 aromatic rings. The van der Waals surface area contributed by atoms with Gasteiger partial charge in [-0.15, -0.1) is 0 Å². The molecule has 4 atom stereocenters. The first-order valence-corrected chi connectivity index (χ1v) is 3.89. The molecule has 77 valence electrons. The minimum Gasteiger partial charge on any atom is -0.394 e. The Morgan fingerprint density at radius 2 is 1.92 bits per heavy atom. The van der Waals surface area contributed by atoms with Gasteiger partial charge in [0.15, 0.2) is 0 Å². The molecule has 1 aliphatic heterocycles. The molecule has 1 heterocycles. The Hall–Kier alpha value is 0.0500. The first kappa shape index (κ1) is 11.1. The van der Waals surface area contributed by atoms with Crippen LogP contribution in [0.4, 0.5) is 0 Å². The lowest BCUT2D eigenvalue weighted by atomic mass is 10.00. The molecule has 1 fully saturated rings. The second kappa shape index (κ2) is 4.52. The fourth-order valence-corrected chi connectivity index (χ4v) is 1.17. The van der Waals surface area contributed by atoms with Crippen LogP contribution in [0.15, 0.2) is 0 Å². The molecule has 0 unspecified atom stereocenters. The summed E-state index contributed by atoms with van der Waals surface area (Å²) in [5, 5.41) is 36.3. The Bertz CT molecular complexity index is 147. The summed E-state index contributed by atoms with van der Waals surface area (Å²) < 4.78 is 8.82. The zero-order chi connectivity index (χ0) is 10.0. The molecule has 0 spiro atoms. The van der Waals surface area contributed by atoms with Gasteiger partial charge in [-0.2, -0.15) is 0 Å². The fourth-order valence-electron chi connectivity index (χ4n) is 1.04. The van der Waals surface area contributed by atoms with Crippen molar-refractivity contribution < 1.29 is 29.5 Å². The third-order valence-electron chi connectivity index (χ3n) is 1.82. The predicted octanol–water partition coefficient (Wildman–Crippen LogP) is -1.88. The van der Waals surface area contributed by atoms with Crippen molar-refractivity contribution in [3.8, 4) is 0 Å². The molecule has 1 rings (SSSR count). The van der Waals surface area contributed by atoms with Gasteiger partial charge in [0, 0.05) is 0 Å². The highest BCUT2D eigenvalue weighted by Gasteiger charge is 2.45. The third kappa shape index (κ3) is 2.10. The maximum Gasteiger partial charge on any atom is 0.275 e. The first-order chi connectivity index (χ1) is 6.11. The van der Waals surface area contributed by atoms with Crippen LogP contribution in [0.2, 0.25) is 0 Å². The van der Waals surface area contributed by atoms with Gasteiger partial charge in [0.1, 0.15) is 24.4 Å². The predicted molar refractivity (Wildman–Crippen MR) is 40.2 cm³/mol. The minimum atomic E-state index is -1.52. The van der Waals surface area contributed by atoms with Gasteiger partial charge < -0.3 is 25.2 Å². The summed E-state index contributed by atoms with van der Waals surface area (Å²) in [7, 11) is 0. The number of rotatable bonds is 2. The van der Waals surface area contributed by atoms with Crippen LogP contribution in [0.3, 0.4) is 0 Å². The normalized spacial score (nSPS) is 42.2. The number of hydrogen-bond donors (Lipinski definition) is 4. The van der Waals surface area contributed by atoms with E-state index in [4.69, 9.17) is 26.8 Å². The van der Waals surface area contributed by atoms with Crippen molar-refractivity contribution in [3.63, 3.8) is 0 Å². The van der Waals surface area contributed by atoms with Crippen molar-refractivity contribution in [3.05, 3.63) is 6.29 Å². The molecule has 1 aliphatic rings. The van der Waals surface area contributed by atoms with Crippen LogP contribution in [-0.2, 0) is 9.03 Å². The zero-order valence-corrected chi connectivity index (χ0v) is 7.26. The molecule has 1 saturated heterocycles. The van der Waals surface area contributed by atoms with E-state index in [-0.39, 0.29) is 0 Å². The van der Waals surface area contributed by atoms with Crippen molar-refractivity contribution in [2.45, 2.75) is 24.4 Å². The fraction of sp³-hybridized carbons (Fsp3) is 0.833. The molecule has 0 bridgehead atoms. The van der Waals surface area contributed by atoms with Crippen molar-refractivity contribution in [2.75, 3.05) is 6.61 Å². The topological polar surface area (TPSA) is 99.4 Å². The molecule has 0 aromatic heterocycles. The lowest BCUT2D eigenvalue weighted by Gasteiger charge is -2.36. The third-order valence-corrected chi connectivity index (χ3v) is 1.97. The summed E-state index contributed by atoms with van der Waals surface area (Å²) in [5.41, 5.74) is 0. The van der Waals surface area contributed by atoms with Crippen molar-refractivity contribution in [1.29, 1.82) is 0 Å². The Labute approximate surface area is 79.4 Å². The summed E-state index contributed by atoms with van der Waals surface area (Å²) in [6.45, 7) is -0.519. The average Bonchev–Trinajstić information content (AvgIpc) is 2.15. The van der Waals surface area contributed by atoms with E-state index in [0.717, 1.165) is 0 Å². The van der Waals surface area contributed by atoms with E-state index in [0.29, 0.717) is 0 Å². The lowest BCUT2D eigenvalue weighted by molar-refractivity contribution is -0.223. The minimum absolute atomic E-state index is 0.432. The van der Waals surface area contributed by atoms with Crippen LogP contribution < -0.4 is 0 Å². The summed E-state index contributed by atoms with van der Waals surface area (Å²) in [5.74, 6) is 0. The number of halogens is 1. The van der Waals surface area contributed by atoms with Crippen molar-refractivity contribution in [2.24, 2.45) is 0 Å². The molecule has 4 N–H and O–H groups in total. The zero-order valence-electron chi connectivity index (χ0n) is 6.50. The first-order valence-electron chi connectivity index (χ1n) is 3.59. The molecule has 1 radical (unpaired) electrons. The van der Waals surface area contributed by atoms with Gasteiger partial charge in [-0.25, -0.2) is 4.29 Å². The SMILES string of the molecule is OC[C@H]1O[C](OCl)[C@H](O)[C@@H](O)[C@@H]1O. The number of ether oxygens (including phenoxy) is 1. The van der Waals surface area contributed by atoms with E-state index in [1.807, 2.05) is 0 Å². The summed E-state index contributed by atoms with van der Waals surface area (Å²) >= 11 is 4.91. The summed E-state index contributed by atoms with van der Waals surface area (Å²) in [6, 6.07) is 0. The standard InChI is InChI=1S/C6H10ClO6/c7-13-6-5(11)4(10)3(9)2(1-8)12-6/h2-5,8-11H,1H2/t2-,3-,4+,5-/m1/s1. The number of aliphatic hydroxyl groups excluding tert-OH is 4. The highest BCUT2D eigenvalue weighted by Crippen LogP contribution is 2.27. The van der Waals surface area contributed by atoms with E-state index in [9.17, 15) is 10.2 Å². The largest absolute Gasteiger partial charge is 0.394 e. The van der Waals surface area contributed by atoms with Crippen molar-refractivity contribution in [1.82, 2.24) is 0 Å². The second-order valence-corrected chi connectivity index (χ2v) is 2.82. The van der Waals surface area contributed by atoms with Gasteiger partial charge >= 0.3 is 0 Å². The second-order valence-electron chi connectivity index (χ2n) is 2.66. The number of hydrogen-bond acceptors (Lipinski definition) is 6. The van der Waals surface area contributed by atoms with E-state index in [2.05, 4.69) is 4.29 Å². The van der Waals surface area contributed by atoms with Gasteiger partial charge in [-0.1, -0.05) is 0 Å². The molecule has 0 aromatic carbocycles. The van der Waals surface area contributed by atoms with Crippen LogP contribution in [0.5, 0.6) is 0 Å². The van der Waals surface area contributed by atoms with E-state index in [1.165, 1.54) is 0 Å².